The van der Waals surface area contributed by atoms with Crippen molar-refractivity contribution >= 4 is 17.7 Å². The summed E-state index contributed by atoms with van der Waals surface area (Å²) >= 11 is 1.58. The fourth-order valence-electron chi connectivity index (χ4n) is 2.00. The van der Waals surface area contributed by atoms with Crippen LogP contribution in [0.3, 0.4) is 0 Å². The van der Waals surface area contributed by atoms with Crippen LogP contribution in [0.15, 0.2) is 34.9 Å². The van der Waals surface area contributed by atoms with Crippen LogP contribution in [0.4, 0.5) is 0 Å². The summed E-state index contributed by atoms with van der Waals surface area (Å²) in [4.78, 5) is 11.8. The van der Waals surface area contributed by atoms with E-state index >= 15 is 0 Å². The van der Waals surface area contributed by atoms with Crippen molar-refractivity contribution in [3.05, 3.63) is 52.9 Å². The summed E-state index contributed by atoms with van der Waals surface area (Å²) in [7, 11) is 0. The topological polar surface area (TPSA) is 55.1 Å². The minimum Gasteiger partial charge on any atom is -0.361 e. The van der Waals surface area contributed by atoms with Crippen LogP contribution in [-0.4, -0.2) is 23.4 Å². The van der Waals surface area contributed by atoms with Crippen molar-refractivity contribution < 1.29 is 9.32 Å². The fourth-order valence-corrected chi connectivity index (χ4v) is 3.00. The van der Waals surface area contributed by atoms with Crippen LogP contribution in [0.25, 0.3) is 0 Å². The predicted octanol–water partition coefficient (Wildman–Crippen LogP) is 2.88. The predicted molar refractivity (Wildman–Crippen MR) is 85.3 cm³/mol. The van der Waals surface area contributed by atoms with Crippen LogP contribution in [0, 0.1) is 13.8 Å². The standard InChI is InChI=1S/C16H20N2O2S/c1-12-15(13(2)20-18-12)10-21-11-16(19)17-9-8-14-6-4-3-5-7-14/h3-7H,8-11H2,1-2H3,(H,17,19). The van der Waals surface area contributed by atoms with Gasteiger partial charge in [0, 0.05) is 17.9 Å². The van der Waals surface area contributed by atoms with Crippen molar-refractivity contribution in [2.75, 3.05) is 12.3 Å². The molecule has 0 fully saturated rings. The van der Waals surface area contributed by atoms with Gasteiger partial charge in [-0.3, -0.25) is 4.79 Å². The summed E-state index contributed by atoms with van der Waals surface area (Å²) in [6, 6.07) is 10.2. The van der Waals surface area contributed by atoms with E-state index in [-0.39, 0.29) is 5.91 Å². The second kappa shape index (κ2) is 7.88. The summed E-state index contributed by atoms with van der Waals surface area (Å²) in [6.07, 6.45) is 0.862. The summed E-state index contributed by atoms with van der Waals surface area (Å²) in [5.74, 6) is 2.12. The molecular weight excluding hydrogens is 284 g/mol. The molecule has 2 aromatic rings. The lowest BCUT2D eigenvalue weighted by molar-refractivity contribution is -0.118. The number of carbonyl (C=O) groups excluding carboxylic acids is 1. The highest BCUT2D eigenvalue weighted by Gasteiger charge is 2.09. The van der Waals surface area contributed by atoms with E-state index in [1.165, 1.54) is 5.56 Å². The number of nitrogens with zero attached hydrogens (tertiary/aromatic N) is 1. The van der Waals surface area contributed by atoms with Crippen molar-refractivity contribution in [2.45, 2.75) is 26.0 Å². The monoisotopic (exact) mass is 304 g/mol. The van der Waals surface area contributed by atoms with Crippen LogP contribution in [-0.2, 0) is 17.0 Å². The van der Waals surface area contributed by atoms with Gasteiger partial charge < -0.3 is 9.84 Å². The normalized spacial score (nSPS) is 10.6. The van der Waals surface area contributed by atoms with E-state index < -0.39 is 0 Å². The van der Waals surface area contributed by atoms with E-state index in [1.807, 2.05) is 32.0 Å². The van der Waals surface area contributed by atoms with E-state index in [1.54, 1.807) is 11.8 Å². The molecule has 4 nitrogen and oxygen atoms in total. The molecule has 1 heterocycles. The van der Waals surface area contributed by atoms with Crippen molar-refractivity contribution in [3.63, 3.8) is 0 Å². The van der Waals surface area contributed by atoms with Gasteiger partial charge in [0.05, 0.1) is 11.4 Å². The Morgan fingerprint density at radius 2 is 2.05 bits per heavy atom. The zero-order valence-electron chi connectivity index (χ0n) is 12.4. The molecule has 0 bridgehead atoms. The summed E-state index contributed by atoms with van der Waals surface area (Å²) < 4.78 is 5.10. The number of carbonyl (C=O) groups is 1. The van der Waals surface area contributed by atoms with E-state index in [2.05, 4.69) is 22.6 Å². The second-order valence-electron chi connectivity index (χ2n) is 4.88. The van der Waals surface area contributed by atoms with Gasteiger partial charge in [-0.05, 0) is 25.8 Å². The molecule has 2 rings (SSSR count). The van der Waals surface area contributed by atoms with Crippen molar-refractivity contribution in [3.8, 4) is 0 Å². The van der Waals surface area contributed by atoms with Gasteiger partial charge in [0.2, 0.25) is 5.91 Å². The number of hydrogen-bond donors (Lipinski definition) is 1. The molecule has 0 radical (unpaired) electrons. The molecule has 5 heteroatoms. The Labute approximate surface area is 129 Å². The number of benzene rings is 1. The molecule has 0 spiro atoms. The Hall–Kier alpha value is -1.75. The summed E-state index contributed by atoms with van der Waals surface area (Å²) in [5, 5.41) is 6.85. The van der Waals surface area contributed by atoms with E-state index in [0.29, 0.717) is 12.3 Å². The molecule has 0 saturated heterocycles. The average Bonchev–Trinajstić information content (AvgIpc) is 2.80. The lowest BCUT2D eigenvalue weighted by Gasteiger charge is -2.05. The number of aromatic nitrogens is 1. The fraction of sp³-hybridized carbons (Fsp3) is 0.375. The zero-order valence-corrected chi connectivity index (χ0v) is 13.2. The first kappa shape index (κ1) is 15.6. The van der Waals surface area contributed by atoms with Crippen LogP contribution in [0.5, 0.6) is 0 Å². The average molecular weight is 304 g/mol. The molecule has 1 amide bonds. The third kappa shape index (κ3) is 4.93. The summed E-state index contributed by atoms with van der Waals surface area (Å²) in [6.45, 7) is 4.50. The highest BCUT2D eigenvalue weighted by atomic mass is 32.2. The Morgan fingerprint density at radius 3 is 2.71 bits per heavy atom. The van der Waals surface area contributed by atoms with E-state index in [0.717, 1.165) is 29.2 Å². The first-order valence-electron chi connectivity index (χ1n) is 6.97. The first-order chi connectivity index (χ1) is 10.2. The lowest BCUT2D eigenvalue weighted by atomic mass is 10.1. The third-order valence-corrected chi connectivity index (χ3v) is 4.20. The molecule has 0 atom stereocenters. The van der Waals surface area contributed by atoms with Crippen LogP contribution < -0.4 is 5.32 Å². The minimum atomic E-state index is 0.0719. The lowest BCUT2D eigenvalue weighted by Crippen LogP contribution is -2.27. The number of rotatable bonds is 7. The van der Waals surface area contributed by atoms with Crippen molar-refractivity contribution in [2.24, 2.45) is 0 Å². The maximum absolute atomic E-state index is 11.8. The zero-order chi connectivity index (χ0) is 15.1. The highest BCUT2D eigenvalue weighted by molar-refractivity contribution is 7.99. The number of hydrogen-bond acceptors (Lipinski definition) is 4. The van der Waals surface area contributed by atoms with Gasteiger partial charge in [-0.1, -0.05) is 35.5 Å². The molecule has 0 aliphatic rings. The Morgan fingerprint density at radius 1 is 1.29 bits per heavy atom. The van der Waals surface area contributed by atoms with Gasteiger partial charge >= 0.3 is 0 Å². The molecule has 1 N–H and O–H groups in total. The largest absolute Gasteiger partial charge is 0.361 e. The van der Waals surface area contributed by atoms with Gasteiger partial charge in [-0.25, -0.2) is 0 Å². The van der Waals surface area contributed by atoms with E-state index in [9.17, 15) is 4.79 Å². The number of thioether (sulfide) groups is 1. The molecule has 0 aliphatic carbocycles. The van der Waals surface area contributed by atoms with E-state index in [4.69, 9.17) is 4.52 Å². The highest BCUT2D eigenvalue weighted by Crippen LogP contribution is 2.19. The molecule has 0 saturated carbocycles. The smallest absolute Gasteiger partial charge is 0.230 e. The second-order valence-corrected chi connectivity index (χ2v) is 5.87. The SMILES string of the molecule is Cc1noc(C)c1CSCC(=O)NCCc1ccccc1. The molecule has 0 unspecified atom stereocenters. The minimum absolute atomic E-state index is 0.0719. The molecule has 21 heavy (non-hydrogen) atoms. The van der Waals surface area contributed by atoms with Crippen LogP contribution >= 0.6 is 11.8 Å². The molecule has 0 aliphatic heterocycles. The van der Waals surface area contributed by atoms with Crippen LogP contribution in [0.2, 0.25) is 0 Å². The molecular formula is C16H20N2O2S. The quantitative estimate of drug-likeness (QED) is 0.854. The molecule has 1 aromatic heterocycles. The Bertz CT molecular complexity index is 562. The number of amides is 1. The summed E-state index contributed by atoms with van der Waals surface area (Å²) in [5.41, 5.74) is 3.24. The molecule has 1 aromatic carbocycles. The maximum atomic E-state index is 11.8. The Balaban J connectivity index is 1.64. The first-order valence-corrected chi connectivity index (χ1v) is 8.12. The van der Waals surface area contributed by atoms with Gasteiger partial charge in [-0.2, -0.15) is 0 Å². The Kier molecular flexibility index (Phi) is 5.87. The van der Waals surface area contributed by atoms with Gasteiger partial charge in [0.15, 0.2) is 0 Å². The number of nitrogens with one attached hydrogen (secondary N) is 1. The van der Waals surface area contributed by atoms with Crippen LogP contribution in [0.1, 0.15) is 22.6 Å². The van der Waals surface area contributed by atoms with Gasteiger partial charge in [0.25, 0.3) is 0 Å². The van der Waals surface area contributed by atoms with Gasteiger partial charge in [-0.15, -0.1) is 11.8 Å². The maximum Gasteiger partial charge on any atom is 0.230 e. The van der Waals surface area contributed by atoms with Crippen molar-refractivity contribution in [1.29, 1.82) is 0 Å². The third-order valence-electron chi connectivity index (χ3n) is 3.24. The molecule has 112 valence electrons. The number of aryl methyl sites for hydroxylation is 2. The van der Waals surface area contributed by atoms with Gasteiger partial charge in [0.1, 0.15) is 5.76 Å². The van der Waals surface area contributed by atoms with Crippen molar-refractivity contribution in [1.82, 2.24) is 10.5 Å².